The fourth-order valence-corrected chi connectivity index (χ4v) is 3.00. The topological polar surface area (TPSA) is 79.0 Å². The van der Waals surface area contributed by atoms with Crippen LogP contribution >= 0.6 is 0 Å². The quantitative estimate of drug-likeness (QED) is 0.610. The van der Waals surface area contributed by atoms with Crippen molar-refractivity contribution in [1.82, 2.24) is 15.1 Å². The van der Waals surface area contributed by atoms with E-state index in [9.17, 15) is 14.4 Å². The number of piperazine rings is 1. The van der Waals surface area contributed by atoms with Crippen LogP contribution in [0.15, 0.2) is 24.3 Å². The molecule has 1 unspecified atom stereocenters. The van der Waals surface area contributed by atoms with Crippen LogP contribution in [0.25, 0.3) is 0 Å². The molecule has 1 atom stereocenters. The van der Waals surface area contributed by atoms with Crippen LogP contribution in [0.4, 0.5) is 0 Å². The van der Waals surface area contributed by atoms with E-state index in [1.807, 2.05) is 0 Å². The van der Waals surface area contributed by atoms with Gasteiger partial charge in [-0.2, -0.15) is 0 Å². The molecule has 128 valence electrons. The van der Waals surface area contributed by atoms with Crippen molar-refractivity contribution in [2.45, 2.75) is 13.0 Å². The standard InChI is InChI=1S/C17H21N3O4/c1-12(17(23)24-11-10-19-8-6-18-7-9-19)20-15(21)13-4-2-3-5-14(13)16(20)22/h2-5,12,18H,6-11H2,1H3. The first-order valence-electron chi connectivity index (χ1n) is 8.16. The number of rotatable bonds is 5. The van der Waals surface area contributed by atoms with Gasteiger partial charge in [-0.3, -0.25) is 19.4 Å². The highest BCUT2D eigenvalue weighted by Gasteiger charge is 2.41. The van der Waals surface area contributed by atoms with Gasteiger partial charge in [-0.1, -0.05) is 12.1 Å². The van der Waals surface area contributed by atoms with Crippen molar-refractivity contribution in [1.29, 1.82) is 0 Å². The van der Waals surface area contributed by atoms with E-state index in [2.05, 4.69) is 10.2 Å². The molecule has 2 heterocycles. The van der Waals surface area contributed by atoms with Crippen molar-refractivity contribution in [3.63, 3.8) is 0 Å². The van der Waals surface area contributed by atoms with Crippen molar-refractivity contribution in [3.05, 3.63) is 35.4 Å². The third-order valence-electron chi connectivity index (χ3n) is 4.42. The minimum absolute atomic E-state index is 0.256. The number of hydrogen-bond acceptors (Lipinski definition) is 6. The van der Waals surface area contributed by atoms with Crippen LogP contribution in [-0.2, 0) is 9.53 Å². The summed E-state index contributed by atoms with van der Waals surface area (Å²) in [6.07, 6.45) is 0. The number of amides is 2. The summed E-state index contributed by atoms with van der Waals surface area (Å²) in [5.41, 5.74) is 0.672. The number of ether oxygens (including phenoxy) is 1. The largest absolute Gasteiger partial charge is 0.463 e. The van der Waals surface area contributed by atoms with Gasteiger partial charge in [0.2, 0.25) is 0 Å². The van der Waals surface area contributed by atoms with Gasteiger partial charge in [0.05, 0.1) is 11.1 Å². The van der Waals surface area contributed by atoms with Gasteiger partial charge in [0, 0.05) is 32.7 Å². The number of nitrogens with zero attached hydrogens (tertiary/aromatic N) is 2. The SMILES string of the molecule is CC(C(=O)OCCN1CCNCC1)N1C(=O)c2ccccc2C1=O. The lowest BCUT2D eigenvalue weighted by atomic mass is 10.1. The summed E-state index contributed by atoms with van der Waals surface area (Å²) in [5, 5.41) is 3.26. The monoisotopic (exact) mass is 331 g/mol. The molecule has 0 radical (unpaired) electrons. The van der Waals surface area contributed by atoms with E-state index >= 15 is 0 Å². The normalized spacial score (nSPS) is 19.3. The predicted octanol–water partition coefficient (Wildman–Crippen LogP) is 0.120. The van der Waals surface area contributed by atoms with Gasteiger partial charge < -0.3 is 10.1 Å². The molecule has 2 aliphatic rings. The Kier molecular flexibility index (Phi) is 4.92. The van der Waals surface area contributed by atoms with E-state index in [-0.39, 0.29) is 6.61 Å². The summed E-state index contributed by atoms with van der Waals surface area (Å²) < 4.78 is 5.27. The van der Waals surface area contributed by atoms with Crippen LogP contribution in [0.5, 0.6) is 0 Å². The molecular formula is C17H21N3O4. The fourth-order valence-electron chi connectivity index (χ4n) is 3.00. The molecule has 3 rings (SSSR count). The number of carbonyl (C=O) groups excluding carboxylic acids is 3. The highest BCUT2D eigenvalue weighted by molar-refractivity contribution is 6.22. The second-order valence-corrected chi connectivity index (χ2v) is 5.96. The highest BCUT2D eigenvalue weighted by Crippen LogP contribution is 2.24. The molecule has 1 aromatic rings. The molecule has 0 aromatic heterocycles. The zero-order valence-corrected chi connectivity index (χ0v) is 13.7. The van der Waals surface area contributed by atoms with Gasteiger partial charge in [-0.05, 0) is 19.1 Å². The van der Waals surface area contributed by atoms with Gasteiger partial charge in [0.15, 0.2) is 0 Å². The average molecular weight is 331 g/mol. The molecular weight excluding hydrogens is 310 g/mol. The Morgan fingerprint density at radius 3 is 2.33 bits per heavy atom. The highest BCUT2D eigenvalue weighted by atomic mass is 16.5. The first-order valence-corrected chi connectivity index (χ1v) is 8.16. The Hall–Kier alpha value is -2.25. The lowest BCUT2D eigenvalue weighted by molar-refractivity contribution is -0.148. The Morgan fingerprint density at radius 2 is 1.75 bits per heavy atom. The molecule has 1 aromatic carbocycles. The van der Waals surface area contributed by atoms with Crippen molar-refractivity contribution in [3.8, 4) is 0 Å². The van der Waals surface area contributed by atoms with E-state index in [0.717, 1.165) is 31.1 Å². The maximum Gasteiger partial charge on any atom is 0.329 e. The molecule has 1 N–H and O–H groups in total. The van der Waals surface area contributed by atoms with E-state index in [0.29, 0.717) is 17.7 Å². The van der Waals surface area contributed by atoms with Gasteiger partial charge >= 0.3 is 5.97 Å². The molecule has 0 saturated carbocycles. The Balaban J connectivity index is 1.56. The third-order valence-corrected chi connectivity index (χ3v) is 4.42. The van der Waals surface area contributed by atoms with Crippen LogP contribution in [0.1, 0.15) is 27.6 Å². The molecule has 0 bridgehead atoms. The van der Waals surface area contributed by atoms with Gasteiger partial charge in [-0.15, -0.1) is 0 Å². The molecule has 24 heavy (non-hydrogen) atoms. The number of nitrogens with one attached hydrogen (secondary N) is 1. The van der Waals surface area contributed by atoms with Crippen molar-refractivity contribution in [2.24, 2.45) is 0 Å². The Morgan fingerprint density at radius 1 is 1.17 bits per heavy atom. The van der Waals surface area contributed by atoms with Crippen LogP contribution in [-0.4, -0.2) is 73.0 Å². The molecule has 2 aliphatic heterocycles. The molecule has 0 aliphatic carbocycles. The first-order chi connectivity index (χ1) is 11.6. The maximum atomic E-state index is 12.4. The summed E-state index contributed by atoms with van der Waals surface area (Å²) in [5.74, 6) is -1.44. The summed E-state index contributed by atoms with van der Waals surface area (Å²) in [6.45, 7) is 6.14. The first kappa shape index (κ1) is 16.6. The number of esters is 1. The summed E-state index contributed by atoms with van der Waals surface area (Å²) in [7, 11) is 0. The number of carbonyl (C=O) groups is 3. The minimum Gasteiger partial charge on any atom is -0.463 e. The lowest BCUT2D eigenvalue weighted by Crippen LogP contribution is -2.46. The maximum absolute atomic E-state index is 12.4. The van der Waals surface area contributed by atoms with Crippen LogP contribution in [0.3, 0.4) is 0 Å². The smallest absolute Gasteiger partial charge is 0.329 e. The fraction of sp³-hybridized carbons (Fsp3) is 0.471. The minimum atomic E-state index is -0.930. The second-order valence-electron chi connectivity index (χ2n) is 5.96. The third kappa shape index (κ3) is 3.18. The zero-order chi connectivity index (χ0) is 17.1. The number of fused-ring (bicyclic) bond motifs is 1. The van der Waals surface area contributed by atoms with Gasteiger partial charge in [0.25, 0.3) is 11.8 Å². The Bertz CT molecular complexity index is 620. The van der Waals surface area contributed by atoms with E-state index in [1.54, 1.807) is 24.3 Å². The summed E-state index contributed by atoms with van der Waals surface area (Å²) >= 11 is 0. The van der Waals surface area contributed by atoms with E-state index in [1.165, 1.54) is 6.92 Å². The number of imide groups is 1. The number of benzene rings is 1. The van der Waals surface area contributed by atoms with E-state index < -0.39 is 23.8 Å². The van der Waals surface area contributed by atoms with E-state index in [4.69, 9.17) is 4.74 Å². The molecule has 2 amide bonds. The lowest BCUT2D eigenvalue weighted by Gasteiger charge is -2.27. The molecule has 1 fully saturated rings. The zero-order valence-electron chi connectivity index (χ0n) is 13.7. The Labute approximate surface area is 140 Å². The van der Waals surface area contributed by atoms with Crippen LogP contribution in [0.2, 0.25) is 0 Å². The summed E-state index contributed by atoms with van der Waals surface area (Å²) in [6, 6.07) is 5.66. The second kappa shape index (κ2) is 7.11. The summed E-state index contributed by atoms with van der Waals surface area (Å²) in [4.78, 5) is 40.1. The molecule has 1 saturated heterocycles. The van der Waals surface area contributed by atoms with Crippen LogP contribution in [0, 0.1) is 0 Å². The molecule has 7 heteroatoms. The number of hydrogen-bond donors (Lipinski definition) is 1. The van der Waals surface area contributed by atoms with Crippen molar-refractivity contribution < 1.29 is 19.1 Å². The van der Waals surface area contributed by atoms with Gasteiger partial charge in [-0.25, -0.2) is 4.79 Å². The van der Waals surface area contributed by atoms with Crippen LogP contribution < -0.4 is 5.32 Å². The predicted molar refractivity (Wildman–Crippen MR) is 86.7 cm³/mol. The van der Waals surface area contributed by atoms with Crippen molar-refractivity contribution in [2.75, 3.05) is 39.3 Å². The average Bonchev–Trinajstić information content (AvgIpc) is 2.86. The van der Waals surface area contributed by atoms with Crippen molar-refractivity contribution >= 4 is 17.8 Å². The van der Waals surface area contributed by atoms with Gasteiger partial charge in [0.1, 0.15) is 12.6 Å². The molecule has 0 spiro atoms. The molecule has 7 nitrogen and oxygen atoms in total.